The van der Waals surface area contributed by atoms with Crippen LogP contribution in [0.1, 0.15) is 38.9 Å². The Kier molecular flexibility index (Phi) is 5.82. The number of hydrogen-bond donors (Lipinski definition) is 2. The SMILES string of the molecule is CC(C)OCCC(=O)Nc1ccccc1[C@@H](C)O. The number of carbonyl (C=O) groups excluding carboxylic acids is 1. The monoisotopic (exact) mass is 251 g/mol. The van der Waals surface area contributed by atoms with Crippen LogP contribution in [0.5, 0.6) is 0 Å². The first-order valence-electron chi connectivity index (χ1n) is 6.19. The molecule has 1 rings (SSSR count). The minimum absolute atomic E-state index is 0.108. The van der Waals surface area contributed by atoms with Crippen molar-refractivity contribution >= 4 is 11.6 Å². The Hall–Kier alpha value is -1.39. The van der Waals surface area contributed by atoms with Crippen LogP contribution in [0, 0.1) is 0 Å². The second kappa shape index (κ2) is 7.13. The molecule has 0 spiro atoms. The fourth-order valence-electron chi connectivity index (χ4n) is 1.58. The van der Waals surface area contributed by atoms with Gasteiger partial charge in [0.05, 0.1) is 25.2 Å². The number of amides is 1. The molecule has 0 fully saturated rings. The first kappa shape index (κ1) is 14.7. The normalized spacial score (nSPS) is 12.5. The van der Waals surface area contributed by atoms with Crippen molar-refractivity contribution in [3.8, 4) is 0 Å². The predicted molar refractivity (Wildman–Crippen MR) is 71.4 cm³/mol. The fraction of sp³-hybridized carbons (Fsp3) is 0.500. The maximum atomic E-state index is 11.7. The number of ether oxygens (including phenoxy) is 1. The van der Waals surface area contributed by atoms with Crippen LogP contribution in [0.2, 0.25) is 0 Å². The molecule has 1 aromatic carbocycles. The summed E-state index contributed by atoms with van der Waals surface area (Å²) < 4.78 is 5.32. The standard InChI is InChI=1S/C14H21NO3/c1-10(2)18-9-8-14(17)15-13-7-5-4-6-12(13)11(3)16/h4-7,10-11,16H,8-9H2,1-3H3,(H,15,17)/t11-/m1/s1. The Bertz CT molecular complexity index is 388. The van der Waals surface area contributed by atoms with Crippen molar-refractivity contribution < 1.29 is 14.6 Å². The van der Waals surface area contributed by atoms with Crippen molar-refractivity contribution in [2.24, 2.45) is 0 Å². The number of para-hydroxylation sites is 1. The highest BCUT2D eigenvalue weighted by Crippen LogP contribution is 2.22. The second-order valence-corrected chi connectivity index (χ2v) is 4.48. The number of nitrogens with one attached hydrogen (secondary N) is 1. The van der Waals surface area contributed by atoms with E-state index >= 15 is 0 Å². The lowest BCUT2D eigenvalue weighted by Crippen LogP contribution is -2.17. The molecule has 100 valence electrons. The Balaban J connectivity index is 2.54. The van der Waals surface area contributed by atoms with Crippen molar-refractivity contribution in [2.75, 3.05) is 11.9 Å². The van der Waals surface area contributed by atoms with Crippen molar-refractivity contribution in [1.82, 2.24) is 0 Å². The third-order valence-corrected chi connectivity index (χ3v) is 2.47. The zero-order valence-corrected chi connectivity index (χ0v) is 11.1. The maximum Gasteiger partial charge on any atom is 0.226 e. The van der Waals surface area contributed by atoms with Crippen LogP contribution in [-0.2, 0) is 9.53 Å². The third kappa shape index (κ3) is 4.85. The van der Waals surface area contributed by atoms with Gasteiger partial charge in [-0.1, -0.05) is 18.2 Å². The van der Waals surface area contributed by atoms with Crippen LogP contribution in [-0.4, -0.2) is 23.7 Å². The van der Waals surface area contributed by atoms with E-state index in [1.54, 1.807) is 19.1 Å². The van der Waals surface area contributed by atoms with Gasteiger partial charge in [0, 0.05) is 11.3 Å². The molecule has 0 saturated carbocycles. The number of anilines is 1. The molecular formula is C14H21NO3. The summed E-state index contributed by atoms with van der Waals surface area (Å²) in [6, 6.07) is 7.24. The number of hydrogen-bond acceptors (Lipinski definition) is 3. The summed E-state index contributed by atoms with van der Waals surface area (Å²) in [6.45, 7) is 5.94. The minimum atomic E-state index is -0.603. The molecule has 4 heteroatoms. The molecule has 1 amide bonds. The lowest BCUT2D eigenvalue weighted by atomic mass is 10.1. The summed E-state index contributed by atoms with van der Waals surface area (Å²) in [6.07, 6.45) is -0.164. The van der Waals surface area contributed by atoms with Crippen LogP contribution in [0.4, 0.5) is 5.69 Å². The van der Waals surface area contributed by atoms with Gasteiger partial charge in [-0.2, -0.15) is 0 Å². The number of benzene rings is 1. The molecule has 0 unspecified atom stereocenters. The van der Waals surface area contributed by atoms with Crippen LogP contribution < -0.4 is 5.32 Å². The van der Waals surface area contributed by atoms with Gasteiger partial charge in [0.1, 0.15) is 0 Å². The summed E-state index contributed by atoms with van der Waals surface area (Å²) in [5, 5.41) is 12.4. The van der Waals surface area contributed by atoms with E-state index in [0.29, 0.717) is 18.7 Å². The van der Waals surface area contributed by atoms with E-state index in [2.05, 4.69) is 5.32 Å². The average Bonchev–Trinajstić information content (AvgIpc) is 2.28. The van der Waals surface area contributed by atoms with E-state index in [1.807, 2.05) is 26.0 Å². The highest BCUT2D eigenvalue weighted by molar-refractivity contribution is 5.91. The van der Waals surface area contributed by atoms with Gasteiger partial charge in [0.2, 0.25) is 5.91 Å². The Morgan fingerprint density at radius 3 is 2.61 bits per heavy atom. The topological polar surface area (TPSA) is 58.6 Å². The molecule has 0 heterocycles. The van der Waals surface area contributed by atoms with Crippen LogP contribution in [0.15, 0.2) is 24.3 Å². The summed E-state index contributed by atoms with van der Waals surface area (Å²) >= 11 is 0. The highest BCUT2D eigenvalue weighted by atomic mass is 16.5. The molecule has 0 aromatic heterocycles. The lowest BCUT2D eigenvalue weighted by molar-refractivity contribution is -0.117. The number of aliphatic hydroxyl groups is 1. The number of carbonyl (C=O) groups is 1. The molecule has 1 aromatic rings. The van der Waals surface area contributed by atoms with E-state index in [4.69, 9.17) is 4.74 Å². The largest absolute Gasteiger partial charge is 0.389 e. The fourth-order valence-corrected chi connectivity index (χ4v) is 1.58. The predicted octanol–water partition coefficient (Wildman–Crippen LogP) is 2.49. The van der Waals surface area contributed by atoms with Gasteiger partial charge in [-0.15, -0.1) is 0 Å². The maximum absolute atomic E-state index is 11.7. The molecule has 0 saturated heterocycles. The van der Waals surface area contributed by atoms with Gasteiger partial charge in [0.25, 0.3) is 0 Å². The van der Waals surface area contributed by atoms with Gasteiger partial charge >= 0.3 is 0 Å². The molecular weight excluding hydrogens is 230 g/mol. The Labute approximate surface area is 108 Å². The summed E-state index contributed by atoms with van der Waals surface area (Å²) in [5.41, 5.74) is 1.37. The molecule has 1 atom stereocenters. The van der Waals surface area contributed by atoms with E-state index in [1.165, 1.54) is 0 Å². The Morgan fingerprint density at radius 1 is 1.33 bits per heavy atom. The van der Waals surface area contributed by atoms with Gasteiger partial charge < -0.3 is 15.2 Å². The zero-order chi connectivity index (χ0) is 13.5. The molecule has 2 N–H and O–H groups in total. The highest BCUT2D eigenvalue weighted by Gasteiger charge is 2.10. The van der Waals surface area contributed by atoms with Crippen molar-refractivity contribution in [3.05, 3.63) is 29.8 Å². The molecule has 0 radical (unpaired) electrons. The molecule has 0 aliphatic rings. The Morgan fingerprint density at radius 2 is 2.00 bits per heavy atom. The number of rotatable bonds is 6. The first-order valence-corrected chi connectivity index (χ1v) is 6.19. The van der Waals surface area contributed by atoms with Crippen LogP contribution in [0.3, 0.4) is 0 Å². The smallest absolute Gasteiger partial charge is 0.226 e. The van der Waals surface area contributed by atoms with Gasteiger partial charge in [-0.3, -0.25) is 4.79 Å². The van der Waals surface area contributed by atoms with Crippen molar-refractivity contribution in [1.29, 1.82) is 0 Å². The second-order valence-electron chi connectivity index (χ2n) is 4.48. The van der Waals surface area contributed by atoms with E-state index in [0.717, 1.165) is 5.56 Å². The minimum Gasteiger partial charge on any atom is -0.389 e. The third-order valence-electron chi connectivity index (χ3n) is 2.47. The van der Waals surface area contributed by atoms with E-state index in [9.17, 15) is 9.90 Å². The summed E-state index contributed by atoms with van der Waals surface area (Å²) in [4.78, 5) is 11.7. The molecule has 0 bridgehead atoms. The zero-order valence-electron chi connectivity index (χ0n) is 11.1. The molecule has 18 heavy (non-hydrogen) atoms. The van der Waals surface area contributed by atoms with Crippen LogP contribution in [0.25, 0.3) is 0 Å². The van der Waals surface area contributed by atoms with E-state index in [-0.39, 0.29) is 12.0 Å². The van der Waals surface area contributed by atoms with Crippen LogP contribution >= 0.6 is 0 Å². The average molecular weight is 251 g/mol. The molecule has 0 aliphatic carbocycles. The summed E-state index contributed by atoms with van der Waals surface area (Å²) in [5.74, 6) is -0.108. The summed E-state index contributed by atoms with van der Waals surface area (Å²) in [7, 11) is 0. The van der Waals surface area contributed by atoms with Crippen molar-refractivity contribution in [3.63, 3.8) is 0 Å². The van der Waals surface area contributed by atoms with Crippen molar-refractivity contribution in [2.45, 2.75) is 39.4 Å². The lowest BCUT2D eigenvalue weighted by Gasteiger charge is -2.13. The molecule has 4 nitrogen and oxygen atoms in total. The van der Waals surface area contributed by atoms with Gasteiger partial charge in [-0.05, 0) is 26.8 Å². The molecule has 0 aliphatic heterocycles. The van der Waals surface area contributed by atoms with Gasteiger partial charge in [0.15, 0.2) is 0 Å². The first-order chi connectivity index (χ1) is 8.50. The van der Waals surface area contributed by atoms with Gasteiger partial charge in [-0.25, -0.2) is 0 Å². The van der Waals surface area contributed by atoms with E-state index < -0.39 is 6.10 Å². The number of aliphatic hydroxyl groups excluding tert-OH is 1. The quantitative estimate of drug-likeness (QED) is 0.816.